The molecule has 0 bridgehead atoms. The summed E-state index contributed by atoms with van der Waals surface area (Å²) in [5, 5.41) is 10.2. The van der Waals surface area contributed by atoms with E-state index in [9.17, 15) is 9.90 Å². The zero-order valence-corrected chi connectivity index (χ0v) is 18.9. The van der Waals surface area contributed by atoms with Crippen LogP contribution in [0.2, 0.25) is 0 Å². The molecule has 31 heavy (non-hydrogen) atoms. The summed E-state index contributed by atoms with van der Waals surface area (Å²) in [6.07, 6.45) is 10.2. The Balaban J connectivity index is 1.57. The molecule has 2 saturated heterocycles. The van der Waals surface area contributed by atoms with E-state index in [1.165, 1.54) is 62.7 Å². The van der Waals surface area contributed by atoms with Crippen LogP contribution in [0, 0.1) is 0 Å². The third kappa shape index (κ3) is 4.73. The molecule has 0 saturated carbocycles. The van der Waals surface area contributed by atoms with E-state index in [-0.39, 0.29) is 0 Å². The SMILES string of the molecule is CC(C(=O)O)(c1ccc(N2CCCCCC2)cc1)c1ccc(N2CCCCCC2)cc1. The highest BCUT2D eigenvalue weighted by Gasteiger charge is 2.37. The summed E-state index contributed by atoms with van der Waals surface area (Å²) in [4.78, 5) is 17.3. The Morgan fingerprint density at radius 2 is 0.968 bits per heavy atom. The van der Waals surface area contributed by atoms with Crippen LogP contribution >= 0.6 is 0 Å². The Kier molecular flexibility index (Phi) is 6.84. The summed E-state index contributed by atoms with van der Waals surface area (Å²) in [6.45, 7) is 6.19. The zero-order chi connectivity index (χ0) is 21.7. The molecule has 1 N–H and O–H groups in total. The van der Waals surface area contributed by atoms with Crippen molar-refractivity contribution >= 4 is 17.3 Å². The highest BCUT2D eigenvalue weighted by molar-refractivity contribution is 5.86. The molecule has 0 spiro atoms. The number of anilines is 2. The number of carbonyl (C=O) groups is 1. The molecule has 0 unspecified atom stereocenters. The summed E-state index contributed by atoms with van der Waals surface area (Å²) >= 11 is 0. The van der Waals surface area contributed by atoms with Crippen LogP contribution in [-0.2, 0) is 10.2 Å². The van der Waals surface area contributed by atoms with E-state index in [0.717, 1.165) is 37.3 Å². The molecule has 4 rings (SSSR count). The molecular weight excluding hydrogens is 384 g/mol. The molecule has 2 heterocycles. The summed E-state index contributed by atoms with van der Waals surface area (Å²) in [6, 6.07) is 16.5. The van der Waals surface area contributed by atoms with Crippen molar-refractivity contribution in [1.82, 2.24) is 0 Å². The van der Waals surface area contributed by atoms with Crippen LogP contribution in [0.25, 0.3) is 0 Å². The summed E-state index contributed by atoms with van der Waals surface area (Å²) in [7, 11) is 0. The standard InChI is InChI=1S/C27H36N2O2/c1-27(26(30)31,22-10-14-24(15-11-22)28-18-6-2-3-7-19-28)23-12-16-25(17-13-23)29-20-8-4-5-9-21-29/h10-17H,2-9,18-21H2,1H3,(H,30,31). The molecule has 2 aromatic carbocycles. The lowest BCUT2D eigenvalue weighted by molar-refractivity contribution is -0.141. The van der Waals surface area contributed by atoms with Gasteiger partial charge < -0.3 is 14.9 Å². The molecule has 2 aromatic rings. The van der Waals surface area contributed by atoms with E-state index in [4.69, 9.17) is 0 Å². The lowest BCUT2D eigenvalue weighted by Gasteiger charge is -2.29. The summed E-state index contributed by atoms with van der Waals surface area (Å²) < 4.78 is 0. The van der Waals surface area contributed by atoms with Gasteiger partial charge in [-0.25, -0.2) is 0 Å². The van der Waals surface area contributed by atoms with Gasteiger partial charge in [0.1, 0.15) is 5.41 Å². The van der Waals surface area contributed by atoms with E-state index >= 15 is 0 Å². The molecule has 0 atom stereocenters. The first-order valence-electron chi connectivity index (χ1n) is 12.0. The van der Waals surface area contributed by atoms with Crippen molar-refractivity contribution in [3.05, 3.63) is 59.7 Å². The lowest BCUT2D eigenvalue weighted by Crippen LogP contribution is -2.34. The number of rotatable bonds is 5. The number of hydrogen-bond donors (Lipinski definition) is 1. The monoisotopic (exact) mass is 420 g/mol. The molecule has 0 amide bonds. The minimum Gasteiger partial charge on any atom is -0.480 e. The van der Waals surface area contributed by atoms with Crippen molar-refractivity contribution in [3.8, 4) is 0 Å². The predicted octanol–water partition coefficient (Wildman–Crippen LogP) is 5.84. The summed E-state index contributed by atoms with van der Waals surface area (Å²) in [5.74, 6) is -0.808. The van der Waals surface area contributed by atoms with Gasteiger partial charge in [0.15, 0.2) is 0 Å². The molecule has 2 fully saturated rings. The van der Waals surface area contributed by atoms with Crippen molar-refractivity contribution in [2.45, 2.75) is 63.7 Å². The molecule has 4 heteroatoms. The van der Waals surface area contributed by atoms with Gasteiger partial charge in [0, 0.05) is 37.6 Å². The number of nitrogens with zero attached hydrogens (tertiary/aromatic N) is 2. The highest BCUT2D eigenvalue weighted by Crippen LogP contribution is 2.35. The van der Waals surface area contributed by atoms with Crippen molar-refractivity contribution in [2.24, 2.45) is 0 Å². The molecular formula is C27H36N2O2. The van der Waals surface area contributed by atoms with Crippen molar-refractivity contribution < 1.29 is 9.90 Å². The molecule has 0 aliphatic carbocycles. The minimum atomic E-state index is -1.06. The second kappa shape index (κ2) is 9.76. The number of benzene rings is 2. The second-order valence-corrected chi connectivity index (χ2v) is 9.33. The minimum absolute atomic E-state index is 0.808. The van der Waals surface area contributed by atoms with Crippen molar-refractivity contribution in [3.63, 3.8) is 0 Å². The molecule has 4 nitrogen and oxygen atoms in total. The van der Waals surface area contributed by atoms with E-state index in [2.05, 4.69) is 34.1 Å². The summed E-state index contributed by atoms with van der Waals surface area (Å²) in [5.41, 5.74) is 3.02. The van der Waals surface area contributed by atoms with Crippen molar-refractivity contribution in [2.75, 3.05) is 36.0 Å². The Hall–Kier alpha value is -2.49. The Morgan fingerprint density at radius 3 is 1.26 bits per heavy atom. The van der Waals surface area contributed by atoms with Gasteiger partial charge in [-0.15, -0.1) is 0 Å². The van der Waals surface area contributed by atoms with E-state index in [1.54, 1.807) is 0 Å². The van der Waals surface area contributed by atoms with Gasteiger partial charge in [-0.1, -0.05) is 49.9 Å². The number of hydrogen-bond acceptors (Lipinski definition) is 3. The Morgan fingerprint density at radius 1 is 0.645 bits per heavy atom. The average molecular weight is 421 g/mol. The van der Waals surface area contributed by atoms with E-state index in [0.29, 0.717) is 0 Å². The number of aliphatic carboxylic acids is 1. The Labute approximate surface area is 186 Å². The van der Waals surface area contributed by atoms with Gasteiger partial charge >= 0.3 is 5.97 Å². The topological polar surface area (TPSA) is 43.8 Å². The van der Waals surface area contributed by atoms with Gasteiger partial charge in [0.2, 0.25) is 0 Å². The number of carboxylic acid groups (broad SMARTS) is 1. The van der Waals surface area contributed by atoms with Crippen LogP contribution in [0.1, 0.15) is 69.4 Å². The van der Waals surface area contributed by atoms with Crippen LogP contribution in [0.4, 0.5) is 11.4 Å². The van der Waals surface area contributed by atoms with Crippen LogP contribution in [-0.4, -0.2) is 37.3 Å². The molecule has 166 valence electrons. The average Bonchev–Trinajstić information content (AvgIpc) is 3.24. The van der Waals surface area contributed by atoms with Crippen LogP contribution < -0.4 is 9.80 Å². The Bertz CT molecular complexity index is 780. The van der Waals surface area contributed by atoms with Crippen molar-refractivity contribution in [1.29, 1.82) is 0 Å². The van der Waals surface area contributed by atoms with Gasteiger partial charge in [-0.3, -0.25) is 4.79 Å². The maximum atomic E-state index is 12.5. The first-order chi connectivity index (χ1) is 15.1. The number of carboxylic acids is 1. The first kappa shape index (κ1) is 21.7. The van der Waals surface area contributed by atoms with Crippen LogP contribution in [0.5, 0.6) is 0 Å². The fourth-order valence-corrected chi connectivity index (χ4v) is 5.08. The molecule has 2 aliphatic rings. The van der Waals surface area contributed by atoms with Gasteiger partial charge in [0.05, 0.1) is 0 Å². The van der Waals surface area contributed by atoms with Gasteiger partial charge in [-0.05, 0) is 68.0 Å². The fraction of sp³-hybridized carbons (Fsp3) is 0.519. The fourth-order valence-electron chi connectivity index (χ4n) is 5.08. The predicted molar refractivity (Wildman–Crippen MR) is 128 cm³/mol. The lowest BCUT2D eigenvalue weighted by atomic mass is 9.76. The largest absolute Gasteiger partial charge is 0.480 e. The quantitative estimate of drug-likeness (QED) is 0.660. The van der Waals surface area contributed by atoms with Crippen LogP contribution in [0.3, 0.4) is 0 Å². The van der Waals surface area contributed by atoms with E-state index < -0.39 is 11.4 Å². The van der Waals surface area contributed by atoms with Gasteiger partial charge in [0.25, 0.3) is 0 Å². The third-order valence-corrected chi connectivity index (χ3v) is 7.26. The second-order valence-electron chi connectivity index (χ2n) is 9.33. The van der Waals surface area contributed by atoms with Gasteiger partial charge in [-0.2, -0.15) is 0 Å². The first-order valence-corrected chi connectivity index (χ1v) is 12.0. The third-order valence-electron chi connectivity index (χ3n) is 7.26. The molecule has 2 aliphatic heterocycles. The maximum absolute atomic E-state index is 12.5. The zero-order valence-electron chi connectivity index (χ0n) is 18.9. The highest BCUT2D eigenvalue weighted by atomic mass is 16.4. The molecule has 0 aromatic heterocycles. The maximum Gasteiger partial charge on any atom is 0.318 e. The molecule has 0 radical (unpaired) electrons. The normalized spacial score (nSPS) is 18.4. The van der Waals surface area contributed by atoms with Crippen LogP contribution in [0.15, 0.2) is 48.5 Å². The smallest absolute Gasteiger partial charge is 0.318 e. The van der Waals surface area contributed by atoms with E-state index in [1.807, 2.05) is 31.2 Å².